The van der Waals surface area contributed by atoms with Crippen molar-refractivity contribution >= 4 is 46.4 Å². The minimum absolute atomic E-state index is 0.158. The SMILES string of the molecule is CC(=O)C1=C(c2cccc([N+](=O)[O-])c2)N(C(C)=O)n2c(nnc2-c2ccc(Cl)cc2)S1. The van der Waals surface area contributed by atoms with Crippen LogP contribution in [0.3, 0.4) is 0 Å². The molecule has 9 nitrogen and oxygen atoms in total. The normalized spacial score (nSPS) is 13.2. The van der Waals surface area contributed by atoms with E-state index in [-0.39, 0.29) is 22.1 Å². The van der Waals surface area contributed by atoms with Crippen molar-refractivity contribution in [1.82, 2.24) is 14.9 Å². The molecule has 2 heterocycles. The predicted octanol–water partition coefficient (Wildman–Crippen LogP) is 4.05. The number of Topliss-reactive ketones (excluding diaryl/α,β-unsaturated/α-hetero) is 1. The summed E-state index contributed by atoms with van der Waals surface area (Å²) in [6.07, 6.45) is 0. The number of rotatable bonds is 4. The van der Waals surface area contributed by atoms with Crippen molar-refractivity contribution in [2.24, 2.45) is 0 Å². The van der Waals surface area contributed by atoms with Gasteiger partial charge in [-0.15, -0.1) is 10.2 Å². The van der Waals surface area contributed by atoms with Crippen LogP contribution in [-0.4, -0.2) is 31.5 Å². The maximum Gasteiger partial charge on any atom is 0.270 e. The molecule has 0 bridgehead atoms. The largest absolute Gasteiger partial charge is 0.294 e. The molecule has 0 fully saturated rings. The number of benzene rings is 2. The van der Waals surface area contributed by atoms with Gasteiger partial charge < -0.3 is 0 Å². The average Bonchev–Trinajstić information content (AvgIpc) is 3.16. The van der Waals surface area contributed by atoms with E-state index in [0.717, 1.165) is 11.8 Å². The van der Waals surface area contributed by atoms with Gasteiger partial charge in [-0.25, -0.2) is 5.01 Å². The van der Waals surface area contributed by atoms with E-state index in [9.17, 15) is 19.7 Å². The maximum absolute atomic E-state index is 12.8. The number of thioether (sulfide) groups is 1. The van der Waals surface area contributed by atoms with Crippen LogP contribution in [0.15, 0.2) is 58.6 Å². The quantitative estimate of drug-likeness (QED) is 0.430. The molecule has 1 amide bonds. The third-order valence-electron chi connectivity index (χ3n) is 4.48. The van der Waals surface area contributed by atoms with Crippen LogP contribution in [0.5, 0.6) is 0 Å². The first-order valence-corrected chi connectivity index (χ1v) is 10.2. The summed E-state index contributed by atoms with van der Waals surface area (Å²) in [6.45, 7) is 2.70. The smallest absolute Gasteiger partial charge is 0.270 e. The van der Waals surface area contributed by atoms with Crippen LogP contribution in [0.2, 0.25) is 5.02 Å². The highest BCUT2D eigenvalue weighted by molar-refractivity contribution is 8.04. The molecule has 0 saturated heterocycles. The number of ketones is 1. The fourth-order valence-electron chi connectivity index (χ4n) is 3.18. The molecule has 0 aliphatic carbocycles. The lowest BCUT2D eigenvalue weighted by Gasteiger charge is -2.32. The van der Waals surface area contributed by atoms with Crippen LogP contribution < -0.4 is 5.01 Å². The topological polar surface area (TPSA) is 111 Å². The van der Waals surface area contributed by atoms with Gasteiger partial charge in [-0.1, -0.05) is 23.7 Å². The lowest BCUT2D eigenvalue weighted by molar-refractivity contribution is -0.384. The molecule has 3 aromatic rings. The minimum atomic E-state index is -0.533. The standard InChI is InChI=1S/C20H14ClN5O4S/c1-11(27)18-17(14-4-3-5-16(10-14)26(29)30)24(12(2)28)25-19(22-23-20(25)31-18)13-6-8-15(21)9-7-13/h3-10H,1-2H3. The first-order valence-electron chi connectivity index (χ1n) is 8.98. The Balaban J connectivity index is 1.97. The number of carbonyl (C=O) groups excluding carboxylic acids is 2. The molecule has 11 heteroatoms. The molecule has 31 heavy (non-hydrogen) atoms. The highest BCUT2D eigenvalue weighted by Gasteiger charge is 2.35. The van der Waals surface area contributed by atoms with Crippen LogP contribution in [0.25, 0.3) is 17.1 Å². The van der Waals surface area contributed by atoms with E-state index in [1.54, 1.807) is 30.3 Å². The van der Waals surface area contributed by atoms with Gasteiger partial charge in [0.05, 0.1) is 15.5 Å². The Morgan fingerprint density at radius 3 is 2.39 bits per heavy atom. The number of nitro groups is 1. The molecule has 0 saturated carbocycles. The highest BCUT2D eigenvalue weighted by atomic mass is 35.5. The molecule has 0 unspecified atom stereocenters. The second-order valence-electron chi connectivity index (χ2n) is 6.60. The predicted molar refractivity (Wildman–Crippen MR) is 116 cm³/mol. The summed E-state index contributed by atoms with van der Waals surface area (Å²) in [7, 11) is 0. The van der Waals surface area contributed by atoms with Crippen molar-refractivity contribution in [3.8, 4) is 11.4 Å². The van der Waals surface area contributed by atoms with Crippen LogP contribution in [0, 0.1) is 10.1 Å². The van der Waals surface area contributed by atoms with Gasteiger partial charge in [-0.05, 0) is 43.0 Å². The first kappa shape index (κ1) is 20.8. The van der Waals surface area contributed by atoms with Gasteiger partial charge in [0.15, 0.2) is 11.6 Å². The van der Waals surface area contributed by atoms with E-state index < -0.39 is 10.8 Å². The summed E-state index contributed by atoms with van der Waals surface area (Å²) in [5, 5.41) is 21.8. The zero-order valence-corrected chi connectivity index (χ0v) is 17.8. The van der Waals surface area contributed by atoms with Crippen molar-refractivity contribution in [3.63, 3.8) is 0 Å². The molecule has 0 spiro atoms. The Labute approximate surface area is 185 Å². The van der Waals surface area contributed by atoms with Crippen molar-refractivity contribution in [2.45, 2.75) is 19.0 Å². The number of amides is 1. The van der Waals surface area contributed by atoms with Gasteiger partial charge in [-0.2, -0.15) is 4.68 Å². The molecule has 1 aromatic heterocycles. The number of nitrogens with zero attached hydrogens (tertiary/aromatic N) is 5. The molecular formula is C20H14ClN5O4S. The fourth-order valence-corrected chi connectivity index (χ4v) is 4.27. The fraction of sp³-hybridized carbons (Fsp3) is 0.100. The van der Waals surface area contributed by atoms with E-state index in [2.05, 4.69) is 10.2 Å². The number of halogens is 1. The summed E-state index contributed by atoms with van der Waals surface area (Å²) < 4.78 is 1.50. The summed E-state index contributed by atoms with van der Waals surface area (Å²) in [5.41, 5.74) is 1.08. The molecule has 0 N–H and O–H groups in total. The third-order valence-corrected chi connectivity index (χ3v) is 5.86. The molecule has 1 aliphatic heterocycles. The number of non-ortho nitro benzene ring substituents is 1. The Hall–Kier alpha value is -3.50. The third kappa shape index (κ3) is 3.71. The average molecular weight is 456 g/mol. The van der Waals surface area contributed by atoms with E-state index in [0.29, 0.717) is 27.1 Å². The van der Waals surface area contributed by atoms with Crippen LogP contribution in [0.1, 0.15) is 19.4 Å². The lowest BCUT2D eigenvalue weighted by atomic mass is 10.1. The number of nitro benzene ring substituents is 1. The van der Waals surface area contributed by atoms with Crippen molar-refractivity contribution in [1.29, 1.82) is 0 Å². The Bertz CT molecular complexity index is 1270. The number of hydrogen-bond acceptors (Lipinski definition) is 7. The number of carbonyl (C=O) groups is 2. The van der Waals surface area contributed by atoms with Gasteiger partial charge in [0.2, 0.25) is 11.1 Å². The molecule has 2 aromatic carbocycles. The van der Waals surface area contributed by atoms with Gasteiger partial charge in [0.25, 0.3) is 5.69 Å². The van der Waals surface area contributed by atoms with Crippen molar-refractivity contribution in [3.05, 3.63) is 74.1 Å². The van der Waals surface area contributed by atoms with Crippen LogP contribution in [-0.2, 0) is 9.59 Å². The van der Waals surface area contributed by atoms with E-state index in [1.807, 2.05) is 0 Å². The van der Waals surface area contributed by atoms with Crippen LogP contribution >= 0.6 is 23.4 Å². The number of hydrogen-bond donors (Lipinski definition) is 0. The van der Waals surface area contributed by atoms with Crippen molar-refractivity contribution < 1.29 is 14.5 Å². The Kier molecular flexibility index (Phi) is 5.34. The Morgan fingerprint density at radius 2 is 1.77 bits per heavy atom. The summed E-state index contributed by atoms with van der Waals surface area (Å²) in [4.78, 5) is 36.3. The zero-order chi connectivity index (χ0) is 22.3. The number of aromatic nitrogens is 3. The Morgan fingerprint density at radius 1 is 1.06 bits per heavy atom. The number of allylic oxidation sites excluding steroid dienone is 1. The van der Waals surface area contributed by atoms with E-state index in [1.165, 1.54) is 41.7 Å². The van der Waals surface area contributed by atoms with Gasteiger partial charge in [0, 0.05) is 35.2 Å². The van der Waals surface area contributed by atoms with E-state index in [4.69, 9.17) is 11.6 Å². The molecule has 156 valence electrons. The highest BCUT2D eigenvalue weighted by Crippen LogP contribution is 2.41. The zero-order valence-electron chi connectivity index (χ0n) is 16.3. The van der Waals surface area contributed by atoms with Gasteiger partial charge >= 0.3 is 0 Å². The molecule has 4 rings (SSSR count). The summed E-state index contributed by atoms with van der Waals surface area (Å²) in [6, 6.07) is 12.6. The number of fused-ring (bicyclic) bond motifs is 1. The summed E-state index contributed by atoms with van der Waals surface area (Å²) in [5.74, 6) is -0.364. The molecule has 0 radical (unpaired) electrons. The van der Waals surface area contributed by atoms with E-state index >= 15 is 0 Å². The second-order valence-corrected chi connectivity index (χ2v) is 8.01. The van der Waals surface area contributed by atoms with Gasteiger partial charge in [0.1, 0.15) is 0 Å². The van der Waals surface area contributed by atoms with Gasteiger partial charge in [-0.3, -0.25) is 19.7 Å². The van der Waals surface area contributed by atoms with Crippen molar-refractivity contribution in [2.75, 3.05) is 5.01 Å². The molecular weight excluding hydrogens is 442 g/mol. The lowest BCUT2D eigenvalue weighted by Crippen LogP contribution is -2.41. The second kappa shape index (κ2) is 7.97. The monoisotopic (exact) mass is 455 g/mol. The minimum Gasteiger partial charge on any atom is -0.294 e. The summed E-state index contributed by atoms with van der Waals surface area (Å²) >= 11 is 7.03. The molecule has 1 aliphatic rings. The molecule has 0 atom stereocenters. The van der Waals surface area contributed by atoms with Crippen LogP contribution in [0.4, 0.5) is 5.69 Å². The maximum atomic E-state index is 12.8. The first-order chi connectivity index (χ1) is 14.8.